The van der Waals surface area contributed by atoms with Gasteiger partial charge in [-0.05, 0) is 55.7 Å². The van der Waals surface area contributed by atoms with Crippen LogP contribution in [0.5, 0.6) is 0 Å². The van der Waals surface area contributed by atoms with Gasteiger partial charge in [0.1, 0.15) is 0 Å². The van der Waals surface area contributed by atoms with Gasteiger partial charge in [0.05, 0.1) is 0 Å². The van der Waals surface area contributed by atoms with Crippen molar-refractivity contribution in [1.29, 1.82) is 0 Å². The Morgan fingerprint density at radius 1 is 0.941 bits per heavy atom. The van der Waals surface area contributed by atoms with Crippen molar-refractivity contribution in [3.8, 4) is 0 Å². The van der Waals surface area contributed by atoms with Gasteiger partial charge in [-0.3, -0.25) is 0 Å². The predicted octanol–water partition coefficient (Wildman–Crippen LogP) is 4.02. The van der Waals surface area contributed by atoms with Crippen molar-refractivity contribution >= 4 is 5.69 Å². The molecule has 3 rings (SSSR count). The van der Waals surface area contributed by atoms with Crippen molar-refractivity contribution in [2.75, 3.05) is 18.0 Å². The molecule has 0 aromatic heterocycles. The van der Waals surface area contributed by atoms with Crippen molar-refractivity contribution in [3.63, 3.8) is 0 Å². The molecule has 1 aliphatic heterocycles. The Hall–Kier alpha value is -0.980. The molecule has 1 aromatic rings. The van der Waals surface area contributed by atoms with Crippen LogP contribution in [-0.4, -0.2) is 13.1 Å². The molecule has 1 saturated heterocycles. The third-order valence-corrected chi connectivity index (χ3v) is 4.20. The maximum atomic E-state index is 2.54. The lowest BCUT2D eigenvalue weighted by Crippen LogP contribution is -2.29. The van der Waals surface area contributed by atoms with E-state index in [-0.39, 0.29) is 0 Å². The largest absolute Gasteiger partial charge is 0.372 e. The molecule has 0 atom stereocenters. The smallest absolute Gasteiger partial charge is 0.0366 e. The number of anilines is 1. The lowest BCUT2D eigenvalue weighted by molar-refractivity contribution is 0.578. The Morgan fingerprint density at radius 2 is 1.65 bits per heavy atom. The fourth-order valence-corrected chi connectivity index (χ4v) is 2.80. The van der Waals surface area contributed by atoms with Crippen LogP contribution in [0.1, 0.15) is 44.1 Å². The van der Waals surface area contributed by atoms with Crippen LogP contribution >= 0.6 is 0 Å². The van der Waals surface area contributed by atoms with Crippen LogP contribution in [0.15, 0.2) is 24.3 Å². The molecule has 1 saturated carbocycles. The number of benzene rings is 1. The van der Waals surface area contributed by atoms with Gasteiger partial charge in [0.15, 0.2) is 0 Å². The molecule has 1 heterocycles. The number of piperidine rings is 1. The van der Waals surface area contributed by atoms with Gasteiger partial charge in [-0.2, -0.15) is 0 Å². The normalized spacial score (nSPS) is 20.6. The Bertz CT molecular complexity index is 344. The molecule has 2 aliphatic rings. The molecule has 0 unspecified atom stereocenters. The molecule has 92 valence electrons. The average Bonchev–Trinajstić information content (AvgIpc) is 3.22. The summed E-state index contributed by atoms with van der Waals surface area (Å²) in [5, 5.41) is 0. The van der Waals surface area contributed by atoms with E-state index in [1.54, 1.807) is 0 Å². The monoisotopic (exact) mass is 229 g/mol. The average molecular weight is 229 g/mol. The number of aryl methyl sites for hydroxylation is 1. The first kappa shape index (κ1) is 11.1. The first-order valence-electron chi connectivity index (χ1n) is 7.26. The Balaban J connectivity index is 1.58. The summed E-state index contributed by atoms with van der Waals surface area (Å²) in [5.74, 6) is 1.05. The minimum atomic E-state index is 1.05. The summed E-state index contributed by atoms with van der Waals surface area (Å²) in [6.45, 7) is 2.50. The number of hydrogen-bond donors (Lipinski definition) is 0. The molecule has 0 radical (unpaired) electrons. The molecular weight excluding hydrogens is 206 g/mol. The molecule has 0 N–H and O–H groups in total. The maximum absolute atomic E-state index is 2.54. The van der Waals surface area contributed by atoms with E-state index < -0.39 is 0 Å². The highest BCUT2D eigenvalue weighted by Gasteiger charge is 2.20. The number of hydrogen-bond acceptors (Lipinski definition) is 1. The molecule has 0 amide bonds. The highest BCUT2D eigenvalue weighted by atomic mass is 15.1. The zero-order valence-corrected chi connectivity index (χ0v) is 10.7. The molecule has 1 aromatic carbocycles. The van der Waals surface area contributed by atoms with Gasteiger partial charge in [-0.15, -0.1) is 0 Å². The van der Waals surface area contributed by atoms with E-state index in [0.29, 0.717) is 0 Å². The first-order valence-corrected chi connectivity index (χ1v) is 7.26. The van der Waals surface area contributed by atoms with Crippen LogP contribution in [0.4, 0.5) is 5.69 Å². The lowest BCUT2D eigenvalue weighted by atomic mass is 10.1. The third-order valence-electron chi connectivity index (χ3n) is 4.20. The second kappa shape index (κ2) is 5.12. The van der Waals surface area contributed by atoms with Crippen molar-refractivity contribution in [1.82, 2.24) is 0 Å². The van der Waals surface area contributed by atoms with Crippen molar-refractivity contribution in [2.45, 2.75) is 44.9 Å². The topological polar surface area (TPSA) is 3.24 Å². The number of nitrogens with zero attached hydrogens (tertiary/aromatic N) is 1. The minimum absolute atomic E-state index is 1.05. The van der Waals surface area contributed by atoms with Gasteiger partial charge < -0.3 is 4.90 Å². The summed E-state index contributed by atoms with van der Waals surface area (Å²) < 4.78 is 0. The van der Waals surface area contributed by atoms with Crippen LogP contribution in [0.3, 0.4) is 0 Å². The van der Waals surface area contributed by atoms with Crippen molar-refractivity contribution in [2.24, 2.45) is 5.92 Å². The van der Waals surface area contributed by atoms with Crippen molar-refractivity contribution < 1.29 is 0 Å². The van der Waals surface area contributed by atoms with Gasteiger partial charge in [0, 0.05) is 18.8 Å². The van der Waals surface area contributed by atoms with Gasteiger partial charge >= 0.3 is 0 Å². The quantitative estimate of drug-likeness (QED) is 0.753. The van der Waals surface area contributed by atoms with Crippen LogP contribution in [-0.2, 0) is 6.42 Å². The molecule has 17 heavy (non-hydrogen) atoms. The maximum Gasteiger partial charge on any atom is 0.0366 e. The molecule has 1 aliphatic carbocycles. The first-order chi connectivity index (χ1) is 8.42. The van der Waals surface area contributed by atoms with Crippen LogP contribution in [0.2, 0.25) is 0 Å². The molecule has 1 nitrogen and oxygen atoms in total. The van der Waals surface area contributed by atoms with E-state index in [4.69, 9.17) is 0 Å². The summed E-state index contributed by atoms with van der Waals surface area (Å²) in [5.41, 5.74) is 2.96. The fourth-order valence-electron chi connectivity index (χ4n) is 2.80. The van der Waals surface area contributed by atoms with Crippen LogP contribution < -0.4 is 4.90 Å². The summed E-state index contributed by atoms with van der Waals surface area (Å²) in [6.07, 6.45) is 9.79. The van der Waals surface area contributed by atoms with E-state index in [2.05, 4.69) is 29.2 Å². The highest BCUT2D eigenvalue weighted by molar-refractivity contribution is 5.47. The minimum Gasteiger partial charge on any atom is -0.372 e. The van der Waals surface area contributed by atoms with Gasteiger partial charge in [0.2, 0.25) is 0 Å². The zero-order valence-electron chi connectivity index (χ0n) is 10.7. The Labute approximate surface area is 105 Å². The Morgan fingerprint density at radius 3 is 2.29 bits per heavy atom. The SMILES string of the molecule is c1cc(N2CCCCC2)ccc1CCC1CC1. The second-order valence-electron chi connectivity index (χ2n) is 5.70. The molecule has 2 fully saturated rings. The Kier molecular flexibility index (Phi) is 3.35. The summed E-state index contributed by atoms with van der Waals surface area (Å²) >= 11 is 0. The number of rotatable bonds is 4. The lowest BCUT2D eigenvalue weighted by Gasteiger charge is -2.28. The van der Waals surface area contributed by atoms with E-state index in [1.807, 2.05) is 0 Å². The predicted molar refractivity (Wildman–Crippen MR) is 73.6 cm³/mol. The molecular formula is C16H23N. The third kappa shape index (κ3) is 3.02. The molecule has 0 spiro atoms. The summed E-state index contributed by atoms with van der Waals surface area (Å²) in [7, 11) is 0. The van der Waals surface area contributed by atoms with Crippen molar-refractivity contribution in [3.05, 3.63) is 29.8 Å². The second-order valence-corrected chi connectivity index (χ2v) is 5.70. The van der Waals surface area contributed by atoms with Gasteiger partial charge in [0.25, 0.3) is 0 Å². The fraction of sp³-hybridized carbons (Fsp3) is 0.625. The molecule has 0 bridgehead atoms. The van der Waals surface area contributed by atoms with Crippen LogP contribution in [0.25, 0.3) is 0 Å². The zero-order chi connectivity index (χ0) is 11.5. The van der Waals surface area contributed by atoms with Gasteiger partial charge in [-0.1, -0.05) is 25.0 Å². The van der Waals surface area contributed by atoms with E-state index >= 15 is 0 Å². The standard InChI is InChI=1S/C16H23N/c1-2-12-17(13-3-1)16-10-8-15(9-11-16)7-6-14-4-5-14/h8-11,14H,1-7,12-13H2. The van der Waals surface area contributed by atoms with E-state index in [0.717, 1.165) is 5.92 Å². The summed E-state index contributed by atoms with van der Waals surface area (Å²) in [6, 6.07) is 9.33. The van der Waals surface area contributed by atoms with Gasteiger partial charge in [-0.25, -0.2) is 0 Å². The highest BCUT2D eigenvalue weighted by Crippen LogP contribution is 2.33. The molecule has 1 heteroatoms. The van der Waals surface area contributed by atoms with Crippen LogP contribution in [0, 0.1) is 5.92 Å². The van der Waals surface area contributed by atoms with E-state index in [9.17, 15) is 0 Å². The van der Waals surface area contributed by atoms with E-state index in [1.165, 1.54) is 69.3 Å². The summed E-state index contributed by atoms with van der Waals surface area (Å²) in [4.78, 5) is 2.54.